The Hall–Kier alpha value is -1.52. The van der Waals surface area contributed by atoms with Crippen LogP contribution in [0.1, 0.15) is 31.2 Å². The highest BCUT2D eigenvalue weighted by molar-refractivity contribution is 6.33. The summed E-state index contributed by atoms with van der Waals surface area (Å²) in [6.07, 6.45) is 6.34. The lowest BCUT2D eigenvalue weighted by molar-refractivity contribution is 0.353. The maximum Gasteiger partial charge on any atom is 0.0737 e. The van der Waals surface area contributed by atoms with Crippen LogP contribution in [0.15, 0.2) is 48.7 Å². The van der Waals surface area contributed by atoms with E-state index in [1.54, 1.807) is 0 Å². The van der Waals surface area contributed by atoms with Crippen LogP contribution in [-0.4, -0.2) is 17.1 Å². The van der Waals surface area contributed by atoms with E-state index < -0.39 is 0 Å². The van der Waals surface area contributed by atoms with Gasteiger partial charge in [0.05, 0.1) is 5.52 Å². The molecule has 1 aliphatic rings. The summed E-state index contributed by atoms with van der Waals surface area (Å²) in [5.74, 6) is 0. The molecular formula is C22H22Cl3N3. The van der Waals surface area contributed by atoms with Crippen LogP contribution < -0.4 is 10.6 Å². The molecule has 3 nitrogen and oxygen atoms in total. The summed E-state index contributed by atoms with van der Waals surface area (Å²) in [6, 6.07) is 14.5. The van der Waals surface area contributed by atoms with Crippen molar-refractivity contribution in [3.63, 3.8) is 0 Å². The van der Waals surface area contributed by atoms with Crippen LogP contribution in [0.2, 0.25) is 15.1 Å². The molecule has 4 rings (SSSR count). The zero-order chi connectivity index (χ0) is 19.5. The van der Waals surface area contributed by atoms with E-state index in [4.69, 9.17) is 34.8 Å². The molecule has 28 heavy (non-hydrogen) atoms. The Kier molecular flexibility index (Phi) is 6.27. The largest absolute Gasteiger partial charge is 0.382 e. The molecule has 1 fully saturated rings. The van der Waals surface area contributed by atoms with Crippen LogP contribution in [0.3, 0.4) is 0 Å². The summed E-state index contributed by atoms with van der Waals surface area (Å²) in [6.45, 7) is 0.748. The number of aromatic nitrogens is 1. The van der Waals surface area contributed by atoms with Crippen molar-refractivity contribution in [2.75, 3.05) is 5.32 Å². The molecule has 0 amide bonds. The molecule has 6 heteroatoms. The van der Waals surface area contributed by atoms with Crippen molar-refractivity contribution in [1.82, 2.24) is 10.3 Å². The molecule has 0 unspecified atom stereocenters. The van der Waals surface area contributed by atoms with E-state index >= 15 is 0 Å². The zero-order valence-electron chi connectivity index (χ0n) is 15.4. The minimum Gasteiger partial charge on any atom is -0.382 e. The van der Waals surface area contributed by atoms with Gasteiger partial charge in [-0.1, -0.05) is 34.8 Å². The van der Waals surface area contributed by atoms with Crippen LogP contribution >= 0.6 is 34.8 Å². The first-order chi connectivity index (χ1) is 13.6. The van der Waals surface area contributed by atoms with E-state index in [9.17, 15) is 0 Å². The first-order valence-corrected chi connectivity index (χ1v) is 10.7. The molecule has 0 bridgehead atoms. The van der Waals surface area contributed by atoms with E-state index in [1.807, 2.05) is 48.7 Å². The molecule has 0 radical (unpaired) electrons. The van der Waals surface area contributed by atoms with Gasteiger partial charge in [0.2, 0.25) is 0 Å². The number of hydrogen-bond acceptors (Lipinski definition) is 3. The van der Waals surface area contributed by atoms with Crippen LogP contribution in [0.25, 0.3) is 10.9 Å². The third-order valence-corrected chi connectivity index (χ3v) is 6.22. The zero-order valence-corrected chi connectivity index (χ0v) is 17.7. The van der Waals surface area contributed by atoms with E-state index in [1.165, 1.54) is 0 Å². The molecule has 1 aliphatic carbocycles. The summed E-state index contributed by atoms with van der Waals surface area (Å²) < 4.78 is 0. The van der Waals surface area contributed by atoms with Crippen molar-refractivity contribution < 1.29 is 0 Å². The highest BCUT2D eigenvalue weighted by Crippen LogP contribution is 2.28. The van der Waals surface area contributed by atoms with Gasteiger partial charge in [-0.3, -0.25) is 4.98 Å². The van der Waals surface area contributed by atoms with E-state index in [2.05, 4.69) is 15.6 Å². The number of rotatable bonds is 5. The Morgan fingerprint density at radius 3 is 2.39 bits per heavy atom. The minimum atomic E-state index is 0.467. The number of fused-ring (bicyclic) bond motifs is 1. The van der Waals surface area contributed by atoms with Crippen molar-refractivity contribution in [2.45, 2.75) is 44.3 Å². The Balaban J connectivity index is 1.33. The van der Waals surface area contributed by atoms with Crippen molar-refractivity contribution in [2.24, 2.45) is 0 Å². The molecule has 2 N–H and O–H groups in total. The summed E-state index contributed by atoms with van der Waals surface area (Å²) >= 11 is 18.4. The molecule has 2 aromatic carbocycles. The van der Waals surface area contributed by atoms with Gasteiger partial charge >= 0.3 is 0 Å². The molecule has 1 aromatic heterocycles. The predicted octanol–water partition coefficient (Wildman–Crippen LogP) is 6.71. The predicted molar refractivity (Wildman–Crippen MR) is 120 cm³/mol. The maximum absolute atomic E-state index is 6.26. The Morgan fingerprint density at radius 1 is 0.857 bits per heavy atom. The molecule has 1 saturated carbocycles. The number of hydrogen-bond donors (Lipinski definition) is 2. The molecule has 146 valence electrons. The normalized spacial score (nSPS) is 19.7. The Morgan fingerprint density at radius 2 is 1.57 bits per heavy atom. The first-order valence-electron chi connectivity index (χ1n) is 9.56. The van der Waals surface area contributed by atoms with E-state index in [0.29, 0.717) is 17.1 Å². The van der Waals surface area contributed by atoms with Crippen LogP contribution in [0.5, 0.6) is 0 Å². The standard InChI is InChI=1S/C22H22Cl3N3/c23-15-2-8-20(25)14(11-15)13-27-17-3-5-18(6-4-17)28-21-9-10-26-22-12-16(24)1-7-19(21)22/h1-2,7-12,17-18,27H,3-6,13H2,(H,26,28)/t17-,18+. The summed E-state index contributed by atoms with van der Waals surface area (Å²) in [5, 5.41) is 10.6. The Bertz CT molecular complexity index is 968. The summed E-state index contributed by atoms with van der Waals surface area (Å²) in [7, 11) is 0. The van der Waals surface area contributed by atoms with E-state index in [-0.39, 0.29) is 0 Å². The topological polar surface area (TPSA) is 37.0 Å². The highest BCUT2D eigenvalue weighted by atomic mass is 35.5. The van der Waals surface area contributed by atoms with Gasteiger partial charge in [0.1, 0.15) is 0 Å². The lowest BCUT2D eigenvalue weighted by Gasteiger charge is -2.31. The van der Waals surface area contributed by atoms with Crippen molar-refractivity contribution in [1.29, 1.82) is 0 Å². The van der Waals surface area contributed by atoms with Crippen molar-refractivity contribution in [3.8, 4) is 0 Å². The number of pyridine rings is 1. The summed E-state index contributed by atoms with van der Waals surface area (Å²) in [4.78, 5) is 4.42. The smallest absolute Gasteiger partial charge is 0.0737 e. The molecule has 0 spiro atoms. The minimum absolute atomic E-state index is 0.467. The quantitative estimate of drug-likeness (QED) is 0.468. The van der Waals surface area contributed by atoms with Gasteiger partial charge in [0, 0.05) is 51.0 Å². The number of anilines is 1. The fourth-order valence-corrected chi connectivity index (χ4v) is 4.39. The second kappa shape index (κ2) is 8.87. The Labute approximate surface area is 180 Å². The summed E-state index contributed by atoms with van der Waals surface area (Å²) in [5.41, 5.74) is 3.10. The van der Waals surface area contributed by atoms with Gasteiger partial charge in [0.25, 0.3) is 0 Å². The highest BCUT2D eigenvalue weighted by Gasteiger charge is 2.21. The van der Waals surface area contributed by atoms with Crippen LogP contribution in [-0.2, 0) is 6.54 Å². The van der Waals surface area contributed by atoms with E-state index in [0.717, 1.165) is 64.4 Å². The van der Waals surface area contributed by atoms with Gasteiger partial charge in [-0.05, 0) is 73.7 Å². The second-order valence-electron chi connectivity index (χ2n) is 7.33. The molecule has 3 aromatic rings. The monoisotopic (exact) mass is 433 g/mol. The van der Waals surface area contributed by atoms with Gasteiger partial charge < -0.3 is 10.6 Å². The fourth-order valence-electron chi connectivity index (χ4n) is 3.84. The molecule has 1 heterocycles. The molecule has 0 saturated heterocycles. The van der Waals surface area contributed by atoms with Gasteiger partial charge in [-0.2, -0.15) is 0 Å². The molecule has 0 atom stereocenters. The SMILES string of the molecule is Clc1ccc(Cl)c(CN[C@H]2CC[C@@H](Nc3ccnc4cc(Cl)ccc34)CC2)c1. The molecule has 0 aliphatic heterocycles. The average molecular weight is 435 g/mol. The number of nitrogens with zero attached hydrogens (tertiary/aromatic N) is 1. The van der Waals surface area contributed by atoms with Crippen LogP contribution in [0.4, 0.5) is 5.69 Å². The maximum atomic E-state index is 6.26. The number of halogens is 3. The van der Waals surface area contributed by atoms with Gasteiger partial charge in [0.15, 0.2) is 0 Å². The second-order valence-corrected chi connectivity index (χ2v) is 8.61. The average Bonchev–Trinajstić information content (AvgIpc) is 2.70. The fraction of sp³-hybridized carbons (Fsp3) is 0.318. The molecular weight excluding hydrogens is 413 g/mol. The van der Waals surface area contributed by atoms with Gasteiger partial charge in [-0.25, -0.2) is 0 Å². The van der Waals surface area contributed by atoms with Gasteiger partial charge in [-0.15, -0.1) is 0 Å². The van der Waals surface area contributed by atoms with Crippen LogP contribution in [0, 0.1) is 0 Å². The van der Waals surface area contributed by atoms with Crippen molar-refractivity contribution in [3.05, 3.63) is 69.3 Å². The number of benzene rings is 2. The third kappa shape index (κ3) is 4.72. The lowest BCUT2D eigenvalue weighted by Crippen LogP contribution is -2.36. The third-order valence-electron chi connectivity index (χ3n) is 5.38. The van der Waals surface area contributed by atoms with Crippen molar-refractivity contribution >= 4 is 51.4 Å². The number of nitrogens with one attached hydrogen (secondary N) is 2. The first kappa shape index (κ1) is 19.8. The lowest BCUT2D eigenvalue weighted by atomic mass is 9.90.